The molecule has 0 unspecified atom stereocenters. The molecule has 1 rings (SSSR count). The molecule has 3 N–H and O–H groups in total. The molecule has 14 heavy (non-hydrogen) atoms. The molecule has 0 aromatic rings. The van der Waals surface area contributed by atoms with Crippen molar-refractivity contribution in [1.29, 1.82) is 0 Å². The van der Waals surface area contributed by atoms with Crippen molar-refractivity contribution in [2.24, 2.45) is 4.99 Å². The highest BCUT2D eigenvalue weighted by Crippen LogP contribution is 2.13. The molecule has 0 aromatic carbocycles. The average molecular weight is 210 g/mol. The first-order valence-corrected chi connectivity index (χ1v) is 3.91. The van der Waals surface area contributed by atoms with E-state index in [1.165, 1.54) is 5.43 Å². The number of halogens is 3. The van der Waals surface area contributed by atoms with Crippen molar-refractivity contribution in [2.45, 2.75) is 12.6 Å². The Hall–Kier alpha value is -1.47. The van der Waals surface area contributed by atoms with Crippen LogP contribution in [0.3, 0.4) is 0 Å². The first-order chi connectivity index (χ1) is 6.50. The van der Waals surface area contributed by atoms with Gasteiger partial charge in [-0.25, -0.2) is 0 Å². The Kier molecular flexibility index (Phi) is 3.15. The molecule has 0 spiro atoms. The monoisotopic (exact) mass is 210 g/mol. The van der Waals surface area contributed by atoms with Crippen molar-refractivity contribution >= 4 is 11.9 Å². The molecule has 0 saturated carbocycles. The standard InChI is InChI=1S/C6H9F3N4O/c7-6(8,9)4(14)12-13-5-10-2-1-3-11-5/h1-3H2,(H,12,14)(H2,10,11,13). The SMILES string of the molecule is O=C(NNC1=NCCCN1)C(F)(F)F. The Bertz CT molecular complexity index is 250. The molecular formula is C6H9F3N4O. The van der Waals surface area contributed by atoms with Gasteiger partial charge in [-0.1, -0.05) is 0 Å². The molecule has 0 fully saturated rings. The van der Waals surface area contributed by atoms with Crippen LogP contribution in [-0.2, 0) is 4.79 Å². The third kappa shape index (κ3) is 3.11. The number of hydrogen-bond donors (Lipinski definition) is 3. The zero-order valence-electron chi connectivity index (χ0n) is 7.11. The molecule has 80 valence electrons. The van der Waals surface area contributed by atoms with Gasteiger partial charge in [-0.3, -0.25) is 20.6 Å². The lowest BCUT2D eigenvalue weighted by atomic mass is 10.4. The largest absolute Gasteiger partial charge is 0.472 e. The van der Waals surface area contributed by atoms with E-state index in [4.69, 9.17) is 0 Å². The third-order valence-corrected chi connectivity index (χ3v) is 1.45. The fraction of sp³-hybridized carbons (Fsp3) is 0.667. The van der Waals surface area contributed by atoms with Crippen LogP contribution >= 0.6 is 0 Å². The summed E-state index contributed by atoms with van der Waals surface area (Å²) in [4.78, 5) is 14.1. The molecule has 8 heteroatoms. The molecule has 5 nitrogen and oxygen atoms in total. The quantitative estimate of drug-likeness (QED) is 0.473. The van der Waals surface area contributed by atoms with E-state index >= 15 is 0 Å². The van der Waals surface area contributed by atoms with E-state index in [1.807, 2.05) is 5.43 Å². The summed E-state index contributed by atoms with van der Waals surface area (Å²) in [5, 5.41) is 2.68. The number of amides is 1. The van der Waals surface area contributed by atoms with E-state index in [-0.39, 0.29) is 5.96 Å². The second-order valence-electron chi connectivity index (χ2n) is 2.59. The summed E-state index contributed by atoms with van der Waals surface area (Å²) in [5.41, 5.74) is 3.53. The lowest BCUT2D eigenvalue weighted by molar-refractivity contribution is -0.174. The first-order valence-electron chi connectivity index (χ1n) is 3.91. The maximum absolute atomic E-state index is 11.7. The lowest BCUT2D eigenvalue weighted by Crippen LogP contribution is -2.53. The van der Waals surface area contributed by atoms with Crippen molar-refractivity contribution in [2.75, 3.05) is 13.1 Å². The Morgan fingerprint density at radius 1 is 1.50 bits per heavy atom. The molecule has 0 bridgehead atoms. The fourth-order valence-electron chi connectivity index (χ4n) is 0.803. The number of hydrazine groups is 1. The molecule has 1 aliphatic heterocycles. The van der Waals surface area contributed by atoms with Crippen LogP contribution in [0.2, 0.25) is 0 Å². The average Bonchev–Trinajstić information content (AvgIpc) is 2.14. The number of rotatable bonds is 0. The third-order valence-electron chi connectivity index (χ3n) is 1.45. The van der Waals surface area contributed by atoms with Crippen molar-refractivity contribution < 1.29 is 18.0 Å². The minimum Gasteiger partial charge on any atom is -0.355 e. The van der Waals surface area contributed by atoms with Crippen molar-refractivity contribution in [1.82, 2.24) is 16.2 Å². The van der Waals surface area contributed by atoms with Gasteiger partial charge >= 0.3 is 12.1 Å². The van der Waals surface area contributed by atoms with Gasteiger partial charge in [-0.2, -0.15) is 13.2 Å². The summed E-state index contributed by atoms with van der Waals surface area (Å²) in [7, 11) is 0. The molecule has 1 amide bonds. The number of guanidine groups is 1. The van der Waals surface area contributed by atoms with E-state index in [0.29, 0.717) is 13.1 Å². The van der Waals surface area contributed by atoms with Crippen LogP contribution in [0.5, 0.6) is 0 Å². The summed E-state index contributed by atoms with van der Waals surface area (Å²) < 4.78 is 35.1. The van der Waals surface area contributed by atoms with Crippen LogP contribution in [0.4, 0.5) is 13.2 Å². The molecular weight excluding hydrogens is 201 g/mol. The summed E-state index contributed by atoms with van der Waals surface area (Å²) in [6, 6.07) is 0. The maximum atomic E-state index is 11.7. The number of carbonyl (C=O) groups is 1. The number of hydrogen-bond acceptors (Lipinski definition) is 4. The van der Waals surface area contributed by atoms with Crippen molar-refractivity contribution in [3.63, 3.8) is 0 Å². The van der Waals surface area contributed by atoms with E-state index < -0.39 is 12.1 Å². The van der Waals surface area contributed by atoms with Crippen LogP contribution in [0, 0.1) is 0 Å². The van der Waals surface area contributed by atoms with Crippen LogP contribution in [0.1, 0.15) is 6.42 Å². The fourth-order valence-corrected chi connectivity index (χ4v) is 0.803. The Labute approximate surface area is 77.7 Å². The second kappa shape index (κ2) is 4.16. The highest BCUT2D eigenvalue weighted by atomic mass is 19.4. The number of nitrogens with one attached hydrogen (secondary N) is 3. The van der Waals surface area contributed by atoms with Gasteiger partial charge in [-0.05, 0) is 6.42 Å². The van der Waals surface area contributed by atoms with E-state index in [1.54, 1.807) is 0 Å². The summed E-state index contributed by atoms with van der Waals surface area (Å²) in [5.74, 6) is -1.90. The van der Waals surface area contributed by atoms with Crippen LogP contribution in [0.25, 0.3) is 0 Å². The molecule has 1 aliphatic rings. The molecule has 0 aromatic heterocycles. The Morgan fingerprint density at radius 2 is 2.21 bits per heavy atom. The minimum atomic E-state index is -4.89. The predicted molar refractivity (Wildman–Crippen MR) is 42.3 cm³/mol. The van der Waals surface area contributed by atoms with Crippen LogP contribution in [0.15, 0.2) is 4.99 Å². The van der Waals surface area contributed by atoms with Crippen molar-refractivity contribution in [3.8, 4) is 0 Å². The highest BCUT2D eigenvalue weighted by molar-refractivity contribution is 5.86. The van der Waals surface area contributed by atoms with Gasteiger partial charge < -0.3 is 5.32 Å². The van der Waals surface area contributed by atoms with E-state index in [0.717, 1.165) is 6.42 Å². The predicted octanol–water partition coefficient (Wildman–Crippen LogP) is -0.481. The van der Waals surface area contributed by atoms with Gasteiger partial charge in [0.05, 0.1) is 0 Å². The summed E-state index contributed by atoms with van der Waals surface area (Å²) in [6.45, 7) is 1.14. The van der Waals surface area contributed by atoms with Gasteiger partial charge in [0.15, 0.2) is 0 Å². The first kappa shape index (κ1) is 10.6. The summed E-state index contributed by atoms with van der Waals surface area (Å²) >= 11 is 0. The molecule has 0 aliphatic carbocycles. The minimum absolute atomic E-state index is 0.147. The lowest BCUT2D eigenvalue weighted by Gasteiger charge is -2.16. The maximum Gasteiger partial charge on any atom is 0.472 e. The van der Waals surface area contributed by atoms with Gasteiger partial charge in [-0.15, -0.1) is 0 Å². The van der Waals surface area contributed by atoms with Gasteiger partial charge in [0, 0.05) is 13.1 Å². The van der Waals surface area contributed by atoms with Crippen molar-refractivity contribution in [3.05, 3.63) is 0 Å². The van der Waals surface area contributed by atoms with Gasteiger partial charge in [0.1, 0.15) is 0 Å². The van der Waals surface area contributed by atoms with Gasteiger partial charge in [0.2, 0.25) is 5.96 Å². The Balaban J connectivity index is 2.33. The van der Waals surface area contributed by atoms with E-state index in [2.05, 4.69) is 10.3 Å². The topological polar surface area (TPSA) is 65.5 Å². The molecule has 0 atom stereocenters. The molecule has 0 saturated heterocycles. The number of aliphatic imine (C=N–C) groups is 1. The van der Waals surface area contributed by atoms with Crippen LogP contribution in [-0.4, -0.2) is 31.1 Å². The number of alkyl halides is 3. The van der Waals surface area contributed by atoms with Crippen LogP contribution < -0.4 is 16.2 Å². The number of nitrogens with zero attached hydrogens (tertiary/aromatic N) is 1. The Morgan fingerprint density at radius 3 is 2.71 bits per heavy atom. The zero-order chi connectivity index (χ0) is 10.6. The molecule has 0 radical (unpaired) electrons. The second-order valence-corrected chi connectivity index (χ2v) is 2.59. The smallest absolute Gasteiger partial charge is 0.355 e. The highest BCUT2D eigenvalue weighted by Gasteiger charge is 2.38. The normalized spacial score (nSPS) is 16.6. The van der Waals surface area contributed by atoms with E-state index in [9.17, 15) is 18.0 Å². The number of carbonyl (C=O) groups excluding carboxylic acids is 1. The molecule has 1 heterocycles. The zero-order valence-corrected chi connectivity index (χ0v) is 7.11. The van der Waals surface area contributed by atoms with Gasteiger partial charge in [0.25, 0.3) is 0 Å². The summed E-state index contributed by atoms with van der Waals surface area (Å²) in [6.07, 6.45) is -4.07.